The van der Waals surface area contributed by atoms with Crippen LogP contribution in [0.15, 0.2) is 30.6 Å². The fourth-order valence-electron chi connectivity index (χ4n) is 2.57. The molecule has 0 aliphatic carbocycles. The molecule has 1 N–H and O–H groups in total. The van der Waals surface area contributed by atoms with Crippen LogP contribution >= 0.6 is 11.3 Å². The van der Waals surface area contributed by atoms with Gasteiger partial charge in [0.15, 0.2) is 11.4 Å². The van der Waals surface area contributed by atoms with Crippen molar-refractivity contribution in [3.05, 3.63) is 41.3 Å². The summed E-state index contributed by atoms with van der Waals surface area (Å²) < 4.78 is 2.08. The van der Waals surface area contributed by atoms with Gasteiger partial charge in [0.25, 0.3) is 0 Å². The van der Waals surface area contributed by atoms with Crippen LogP contribution < -0.4 is 0 Å². The summed E-state index contributed by atoms with van der Waals surface area (Å²) in [4.78, 5) is 25.4. The Kier molecular flexibility index (Phi) is 2.49. The number of fused-ring (bicyclic) bond motifs is 3. The molecule has 0 aliphatic rings. The number of nitrogens with zero attached hydrogens (tertiary/aromatic N) is 3. The van der Waals surface area contributed by atoms with Crippen molar-refractivity contribution in [1.29, 1.82) is 0 Å². The summed E-state index contributed by atoms with van der Waals surface area (Å²) in [5, 5.41) is 0. The van der Waals surface area contributed by atoms with Crippen molar-refractivity contribution >= 4 is 33.8 Å². The Morgan fingerprint density at radius 1 is 1.29 bits per heavy atom. The van der Waals surface area contributed by atoms with Crippen LogP contribution in [0.25, 0.3) is 27.3 Å². The second-order valence-corrected chi connectivity index (χ2v) is 6.00. The minimum absolute atomic E-state index is 0.0811. The number of thiophene rings is 1. The lowest BCUT2D eigenvalue weighted by molar-refractivity contribution is 0.102. The van der Waals surface area contributed by atoms with Gasteiger partial charge in [-0.25, -0.2) is 9.97 Å². The first-order valence-electron chi connectivity index (χ1n) is 6.57. The van der Waals surface area contributed by atoms with Crippen molar-refractivity contribution in [2.75, 3.05) is 0 Å². The number of ketones is 1. The van der Waals surface area contributed by atoms with Gasteiger partial charge in [-0.05, 0) is 32.0 Å². The molecule has 21 heavy (non-hydrogen) atoms. The average molecular weight is 296 g/mol. The molecule has 4 rings (SSSR count). The molecule has 0 aliphatic heterocycles. The summed E-state index contributed by atoms with van der Waals surface area (Å²) in [6, 6.07) is 5.79. The van der Waals surface area contributed by atoms with E-state index in [9.17, 15) is 4.79 Å². The second-order valence-electron chi connectivity index (χ2n) is 4.92. The second kappa shape index (κ2) is 4.26. The fourth-order valence-corrected chi connectivity index (χ4v) is 3.47. The number of hydrogen-bond donors (Lipinski definition) is 1. The predicted octanol–water partition coefficient (Wildman–Crippen LogP) is 3.45. The molecular formula is C15H12N4OS. The molecule has 4 aromatic rings. The number of aryl methyl sites for hydroxylation is 1. The van der Waals surface area contributed by atoms with Crippen LogP contribution in [0.5, 0.6) is 0 Å². The van der Waals surface area contributed by atoms with Crippen LogP contribution in [0.4, 0.5) is 0 Å². The van der Waals surface area contributed by atoms with Crippen molar-refractivity contribution in [3.63, 3.8) is 0 Å². The van der Waals surface area contributed by atoms with Crippen LogP contribution in [0.1, 0.15) is 22.4 Å². The molecular weight excluding hydrogens is 284 g/mol. The first-order chi connectivity index (χ1) is 10.1. The summed E-state index contributed by atoms with van der Waals surface area (Å²) >= 11 is 1.47. The van der Waals surface area contributed by atoms with E-state index in [1.165, 1.54) is 11.3 Å². The third-order valence-corrected chi connectivity index (χ3v) is 4.72. The Morgan fingerprint density at radius 2 is 2.14 bits per heavy atom. The smallest absolute Gasteiger partial charge is 0.169 e. The Morgan fingerprint density at radius 3 is 2.90 bits per heavy atom. The summed E-state index contributed by atoms with van der Waals surface area (Å²) in [6.07, 6.45) is 3.69. The molecule has 4 aromatic heterocycles. The summed E-state index contributed by atoms with van der Waals surface area (Å²) in [6.45, 7) is 3.56. The highest BCUT2D eigenvalue weighted by Crippen LogP contribution is 2.32. The molecule has 5 nitrogen and oxygen atoms in total. The van der Waals surface area contributed by atoms with Crippen LogP contribution in [0.3, 0.4) is 0 Å². The van der Waals surface area contributed by atoms with Gasteiger partial charge < -0.3 is 4.98 Å². The van der Waals surface area contributed by atoms with Crippen molar-refractivity contribution in [2.45, 2.75) is 13.8 Å². The molecule has 6 heteroatoms. The van der Waals surface area contributed by atoms with Crippen molar-refractivity contribution in [2.24, 2.45) is 0 Å². The van der Waals surface area contributed by atoms with E-state index in [2.05, 4.69) is 19.4 Å². The van der Waals surface area contributed by atoms with Gasteiger partial charge in [-0.15, -0.1) is 11.3 Å². The lowest BCUT2D eigenvalue weighted by atomic mass is 10.3. The summed E-state index contributed by atoms with van der Waals surface area (Å²) in [7, 11) is 0. The van der Waals surface area contributed by atoms with E-state index in [0.29, 0.717) is 0 Å². The molecule has 0 aromatic carbocycles. The number of aromatic amines is 1. The monoisotopic (exact) mass is 296 g/mol. The van der Waals surface area contributed by atoms with Crippen LogP contribution in [0, 0.1) is 6.92 Å². The topological polar surface area (TPSA) is 63.1 Å². The molecule has 0 atom stereocenters. The van der Waals surface area contributed by atoms with E-state index in [1.807, 2.05) is 37.5 Å². The molecule has 0 saturated carbocycles. The van der Waals surface area contributed by atoms with Gasteiger partial charge >= 0.3 is 0 Å². The van der Waals surface area contributed by atoms with E-state index in [-0.39, 0.29) is 5.78 Å². The maximum Gasteiger partial charge on any atom is 0.169 e. The molecule has 104 valence electrons. The van der Waals surface area contributed by atoms with Crippen molar-refractivity contribution in [3.8, 4) is 10.6 Å². The fraction of sp³-hybridized carbons (Fsp3) is 0.133. The molecule has 0 fully saturated rings. The number of Topliss-reactive ketones (excluding diaryl/α,β-unsaturated/α-hetero) is 1. The molecule has 0 unspecified atom stereocenters. The number of rotatable bonds is 2. The molecule has 0 radical (unpaired) electrons. The summed E-state index contributed by atoms with van der Waals surface area (Å²) in [5.74, 6) is 0.988. The minimum atomic E-state index is 0.0811. The SMILES string of the molecule is CC(=O)c1ccc(-c2nc(C)n3c2cnc2[nH]ccc23)s1. The van der Waals surface area contributed by atoms with Crippen LogP contribution in [-0.4, -0.2) is 25.1 Å². The van der Waals surface area contributed by atoms with Gasteiger partial charge in [0, 0.05) is 6.20 Å². The highest BCUT2D eigenvalue weighted by atomic mass is 32.1. The molecule has 4 heterocycles. The van der Waals surface area contributed by atoms with E-state index in [0.717, 1.165) is 38.0 Å². The zero-order valence-electron chi connectivity index (χ0n) is 11.5. The number of aromatic nitrogens is 4. The van der Waals surface area contributed by atoms with Crippen molar-refractivity contribution < 1.29 is 4.79 Å². The van der Waals surface area contributed by atoms with Gasteiger partial charge in [0.05, 0.1) is 27.0 Å². The highest BCUT2D eigenvalue weighted by molar-refractivity contribution is 7.17. The van der Waals surface area contributed by atoms with Gasteiger partial charge in [0.1, 0.15) is 11.5 Å². The Labute approximate surface area is 124 Å². The first kappa shape index (κ1) is 12.3. The summed E-state index contributed by atoms with van der Waals surface area (Å²) in [5.41, 5.74) is 3.68. The predicted molar refractivity (Wildman–Crippen MR) is 82.9 cm³/mol. The number of nitrogens with one attached hydrogen (secondary N) is 1. The minimum Gasteiger partial charge on any atom is -0.345 e. The lowest BCUT2D eigenvalue weighted by Gasteiger charge is -1.98. The maximum atomic E-state index is 11.5. The van der Waals surface area contributed by atoms with Gasteiger partial charge in [-0.1, -0.05) is 0 Å². The molecule has 0 spiro atoms. The third kappa shape index (κ3) is 1.72. The Balaban J connectivity index is 2.02. The number of carbonyl (C=O) groups excluding carboxylic acids is 1. The maximum absolute atomic E-state index is 11.5. The van der Waals surface area contributed by atoms with Gasteiger partial charge in [-0.3, -0.25) is 9.20 Å². The van der Waals surface area contributed by atoms with Crippen LogP contribution in [-0.2, 0) is 0 Å². The zero-order chi connectivity index (χ0) is 14.6. The number of hydrogen-bond acceptors (Lipinski definition) is 4. The molecule has 0 amide bonds. The van der Waals surface area contributed by atoms with E-state index < -0.39 is 0 Å². The van der Waals surface area contributed by atoms with Crippen LogP contribution in [0.2, 0.25) is 0 Å². The Bertz CT molecular complexity index is 992. The average Bonchev–Trinajstić information content (AvgIpc) is 3.14. The largest absolute Gasteiger partial charge is 0.345 e. The quantitative estimate of drug-likeness (QED) is 0.576. The van der Waals surface area contributed by atoms with E-state index in [1.54, 1.807) is 6.92 Å². The Hall–Kier alpha value is -2.47. The number of carbonyl (C=O) groups is 1. The normalized spacial score (nSPS) is 11.5. The van der Waals surface area contributed by atoms with E-state index in [4.69, 9.17) is 0 Å². The first-order valence-corrected chi connectivity index (χ1v) is 7.39. The standard InChI is InChI=1S/C15H12N4OS/c1-8(20)12-3-4-13(21-12)14-11-7-17-15-10(5-6-16-15)19(11)9(2)18-14/h3-7,16H,1-2H3. The van der Waals surface area contributed by atoms with E-state index >= 15 is 0 Å². The lowest BCUT2D eigenvalue weighted by Crippen LogP contribution is -1.90. The number of imidazole rings is 1. The third-order valence-electron chi connectivity index (χ3n) is 3.53. The molecule has 0 saturated heterocycles. The van der Waals surface area contributed by atoms with Gasteiger partial charge in [-0.2, -0.15) is 0 Å². The number of H-pyrrole nitrogens is 1. The highest BCUT2D eigenvalue weighted by Gasteiger charge is 2.16. The molecule has 0 bridgehead atoms. The van der Waals surface area contributed by atoms with Crippen molar-refractivity contribution in [1.82, 2.24) is 19.4 Å². The van der Waals surface area contributed by atoms with Gasteiger partial charge in [0.2, 0.25) is 0 Å². The zero-order valence-corrected chi connectivity index (χ0v) is 12.4.